The van der Waals surface area contributed by atoms with Gasteiger partial charge in [-0.3, -0.25) is 4.90 Å². The summed E-state index contributed by atoms with van der Waals surface area (Å²) < 4.78 is 11.3. The van der Waals surface area contributed by atoms with Crippen LogP contribution in [0.25, 0.3) is 0 Å². The zero-order chi connectivity index (χ0) is 11.3. The highest BCUT2D eigenvalue weighted by Crippen LogP contribution is 2.16. The molecule has 0 aromatic heterocycles. The maximum Gasteiger partial charge on any atom is 0.0846 e. The van der Waals surface area contributed by atoms with E-state index in [1.165, 1.54) is 0 Å². The summed E-state index contributed by atoms with van der Waals surface area (Å²) in [5.74, 6) is 0.557. The SMILES string of the molecule is CCOC[C@@H]1OCCN(C(C)C)C[C@H]1C. The van der Waals surface area contributed by atoms with Gasteiger partial charge in [-0.15, -0.1) is 0 Å². The van der Waals surface area contributed by atoms with Crippen LogP contribution in [-0.2, 0) is 9.47 Å². The summed E-state index contributed by atoms with van der Waals surface area (Å²) in [5, 5.41) is 0. The van der Waals surface area contributed by atoms with Crippen LogP contribution in [0.2, 0.25) is 0 Å². The number of ether oxygens (including phenoxy) is 2. The minimum Gasteiger partial charge on any atom is -0.379 e. The lowest BCUT2D eigenvalue weighted by Gasteiger charge is -2.27. The zero-order valence-corrected chi connectivity index (χ0v) is 10.5. The van der Waals surface area contributed by atoms with E-state index in [-0.39, 0.29) is 6.10 Å². The van der Waals surface area contributed by atoms with Gasteiger partial charge in [-0.05, 0) is 26.7 Å². The van der Waals surface area contributed by atoms with Crippen LogP contribution in [-0.4, -0.2) is 50.0 Å². The van der Waals surface area contributed by atoms with E-state index in [1.54, 1.807) is 0 Å². The third kappa shape index (κ3) is 4.09. The van der Waals surface area contributed by atoms with Gasteiger partial charge >= 0.3 is 0 Å². The lowest BCUT2D eigenvalue weighted by Crippen LogP contribution is -2.36. The van der Waals surface area contributed by atoms with E-state index in [1.807, 2.05) is 6.92 Å². The number of nitrogens with zero attached hydrogens (tertiary/aromatic N) is 1. The molecule has 1 heterocycles. The summed E-state index contributed by atoms with van der Waals surface area (Å²) in [5.41, 5.74) is 0. The van der Waals surface area contributed by atoms with E-state index in [9.17, 15) is 0 Å². The summed E-state index contributed by atoms with van der Waals surface area (Å²) >= 11 is 0. The Balaban J connectivity index is 2.42. The van der Waals surface area contributed by atoms with Gasteiger partial charge in [-0.25, -0.2) is 0 Å². The fraction of sp³-hybridized carbons (Fsp3) is 1.00. The first-order chi connectivity index (χ1) is 7.15. The van der Waals surface area contributed by atoms with Crippen molar-refractivity contribution in [2.75, 3.05) is 32.9 Å². The van der Waals surface area contributed by atoms with Crippen LogP contribution in [0.1, 0.15) is 27.7 Å². The monoisotopic (exact) mass is 215 g/mol. The van der Waals surface area contributed by atoms with Crippen LogP contribution < -0.4 is 0 Å². The van der Waals surface area contributed by atoms with Crippen molar-refractivity contribution in [3.05, 3.63) is 0 Å². The van der Waals surface area contributed by atoms with Gasteiger partial charge in [0.05, 0.1) is 19.3 Å². The molecule has 0 aliphatic carbocycles. The number of hydrogen-bond donors (Lipinski definition) is 0. The maximum absolute atomic E-state index is 5.83. The molecule has 0 bridgehead atoms. The molecule has 15 heavy (non-hydrogen) atoms. The first kappa shape index (κ1) is 12.9. The summed E-state index contributed by atoms with van der Waals surface area (Å²) in [6.07, 6.45) is 0.272. The normalized spacial score (nSPS) is 29.4. The van der Waals surface area contributed by atoms with E-state index in [0.717, 1.165) is 32.9 Å². The van der Waals surface area contributed by atoms with Crippen molar-refractivity contribution in [1.82, 2.24) is 4.90 Å². The molecule has 3 heteroatoms. The lowest BCUT2D eigenvalue weighted by molar-refractivity contribution is -0.0275. The average Bonchev–Trinajstić information content (AvgIpc) is 2.37. The first-order valence-electron chi connectivity index (χ1n) is 6.08. The molecule has 0 saturated carbocycles. The molecule has 1 aliphatic rings. The Hall–Kier alpha value is -0.120. The van der Waals surface area contributed by atoms with Gasteiger partial charge < -0.3 is 9.47 Å². The van der Waals surface area contributed by atoms with E-state index in [4.69, 9.17) is 9.47 Å². The summed E-state index contributed by atoms with van der Waals surface area (Å²) in [6.45, 7) is 13.3. The van der Waals surface area contributed by atoms with Gasteiger partial charge in [0.2, 0.25) is 0 Å². The largest absolute Gasteiger partial charge is 0.379 e. The third-order valence-electron chi connectivity index (χ3n) is 3.08. The second kappa shape index (κ2) is 6.46. The predicted octanol–water partition coefficient (Wildman–Crippen LogP) is 1.77. The lowest BCUT2D eigenvalue weighted by atomic mass is 10.0. The Kier molecular flexibility index (Phi) is 5.58. The van der Waals surface area contributed by atoms with Crippen LogP contribution in [0.5, 0.6) is 0 Å². The first-order valence-corrected chi connectivity index (χ1v) is 6.08. The molecule has 0 aromatic carbocycles. The molecule has 2 atom stereocenters. The van der Waals surface area contributed by atoms with E-state index < -0.39 is 0 Å². The van der Waals surface area contributed by atoms with E-state index in [0.29, 0.717) is 12.0 Å². The predicted molar refractivity (Wildman–Crippen MR) is 62.1 cm³/mol. The highest BCUT2D eigenvalue weighted by atomic mass is 16.5. The Labute approximate surface area is 93.7 Å². The van der Waals surface area contributed by atoms with E-state index in [2.05, 4.69) is 25.7 Å². The third-order valence-corrected chi connectivity index (χ3v) is 3.08. The van der Waals surface area contributed by atoms with Crippen molar-refractivity contribution in [3.8, 4) is 0 Å². The van der Waals surface area contributed by atoms with Crippen LogP contribution in [0.3, 0.4) is 0 Å². The highest BCUT2D eigenvalue weighted by Gasteiger charge is 2.25. The molecule has 1 aliphatic heterocycles. The van der Waals surface area contributed by atoms with Gasteiger partial charge in [0, 0.05) is 25.7 Å². The van der Waals surface area contributed by atoms with Crippen molar-refractivity contribution in [1.29, 1.82) is 0 Å². The Morgan fingerprint density at radius 3 is 2.80 bits per heavy atom. The van der Waals surface area contributed by atoms with Crippen LogP contribution in [0.4, 0.5) is 0 Å². The fourth-order valence-corrected chi connectivity index (χ4v) is 1.98. The molecule has 90 valence electrons. The molecule has 0 N–H and O–H groups in total. The van der Waals surface area contributed by atoms with Gasteiger partial charge in [-0.1, -0.05) is 6.92 Å². The van der Waals surface area contributed by atoms with Crippen LogP contribution in [0, 0.1) is 5.92 Å². The van der Waals surface area contributed by atoms with Crippen LogP contribution in [0.15, 0.2) is 0 Å². The fourth-order valence-electron chi connectivity index (χ4n) is 1.98. The van der Waals surface area contributed by atoms with E-state index >= 15 is 0 Å². The molecule has 1 saturated heterocycles. The van der Waals surface area contributed by atoms with Crippen molar-refractivity contribution in [2.24, 2.45) is 5.92 Å². The van der Waals surface area contributed by atoms with Gasteiger partial charge in [0.25, 0.3) is 0 Å². The van der Waals surface area contributed by atoms with Crippen molar-refractivity contribution < 1.29 is 9.47 Å². The van der Waals surface area contributed by atoms with Gasteiger partial charge in [0.1, 0.15) is 0 Å². The van der Waals surface area contributed by atoms with Crippen molar-refractivity contribution in [3.63, 3.8) is 0 Å². The topological polar surface area (TPSA) is 21.7 Å². The van der Waals surface area contributed by atoms with Crippen molar-refractivity contribution >= 4 is 0 Å². The molecule has 0 spiro atoms. The average molecular weight is 215 g/mol. The highest BCUT2D eigenvalue weighted by molar-refractivity contribution is 4.76. The number of rotatable bonds is 4. The molecule has 0 aromatic rings. The van der Waals surface area contributed by atoms with Crippen molar-refractivity contribution in [2.45, 2.75) is 39.8 Å². The molecule has 0 unspecified atom stereocenters. The van der Waals surface area contributed by atoms with Gasteiger partial charge in [0.15, 0.2) is 0 Å². The van der Waals surface area contributed by atoms with Crippen LogP contribution >= 0.6 is 0 Å². The molecule has 3 nitrogen and oxygen atoms in total. The second-order valence-corrected chi connectivity index (χ2v) is 4.63. The van der Waals surface area contributed by atoms with Gasteiger partial charge in [-0.2, -0.15) is 0 Å². The molecule has 1 rings (SSSR count). The summed E-state index contributed by atoms with van der Waals surface area (Å²) in [7, 11) is 0. The smallest absolute Gasteiger partial charge is 0.0846 e. The standard InChI is InChI=1S/C12H25NO2/c1-5-14-9-12-11(4)8-13(10(2)3)6-7-15-12/h10-12H,5-9H2,1-4H3/t11-,12+/m1/s1. The quantitative estimate of drug-likeness (QED) is 0.713. The summed E-state index contributed by atoms with van der Waals surface area (Å²) in [4.78, 5) is 2.48. The molecule has 1 fully saturated rings. The molecule has 0 amide bonds. The molecule has 0 radical (unpaired) electrons. The Morgan fingerprint density at radius 1 is 1.47 bits per heavy atom. The maximum atomic E-state index is 5.83. The number of hydrogen-bond acceptors (Lipinski definition) is 3. The minimum atomic E-state index is 0.272. The summed E-state index contributed by atoms with van der Waals surface area (Å²) in [6, 6.07) is 0.613. The Bertz CT molecular complexity index is 173. The zero-order valence-electron chi connectivity index (χ0n) is 10.5. The second-order valence-electron chi connectivity index (χ2n) is 4.63. The minimum absolute atomic E-state index is 0.272. The molecular weight excluding hydrogens is 190 g/mol. The Morgan fingerprint density at radius 2 is 2.20 bits per heavy atom. The molecular formula is C12H25NO2.